The molecule has 112 valence electrons. The summed E-state index contributed by atoms with van der Waals surface area (Å²) in [6.07, 6.45) is 0. The van der Waals surface area contributed by atoms with Crippen LogP contribution in [0.1, 0.15) is 4.88 Å². The topological polar surface area (TPSA) is 45.1 Å². The van der Waals surface area contributed by atoms with Crippen LogP contribution < -0.4 is 5.32 Å². The second kappa shape index (κ2) is 6.67. The Kier molecular flexibility index (Phi) is 4.64. The molecule has 0 aliphatic carbocycles. The van der Waals surface area contributed by atoms with Crippen LogP contribution in [-0.2, 0) is 6.61 Å². The van der Waals surface area contributed by atoms with Crippen molar-refractivity contribution in [3.63, 3.8) is 0 Å². The molecule has 2 N–H and O–H groups in total. The average molecular weight is 351 g/mol. The zero-order valence-corrected chi connectivity index (χ0v) is 13.7. The van der Waals surface area contributed by atoms with E-state index in [-0.39, 0.29) is 6.61 Å². The first-order chi connectivity index (χ1) is 10.7. The summed E-state index contributed by atoms with van der Waals surface area (Å²) in [7, 11) is 0. The fourth-order valence-corrected chi connectivity index (χ4v) is 3.24. The highest BCUT2D eigenvalue weighted by Gasteiger charge is 2.13. The van der Waals surface area contributed by atoms with Crippen LogP contribution in [0.15, 0.2) is 48.5 Å². The van der Waals surface area contributed by atoms with Crippen molar-refractivity contribution < 1.29 is 5.11 Å². The average Bonchev–Trinajstić information content (AvgIpc) is 2.95. The van der Waals surface area contributed by atoms with Crippen molar-refractivity contribution in [3.8, 4) is 11.3 Å². The van der Waals surface area contributed by atoms with Gasteiger partial charge in [-0.2, -0.15) is 0 Å². The Balaban J connectivity index is 1.96. The standard InChI is InChI=1S/C16H12Cl2N2OS/c17-11-6-7-12(18)13(8-11)19-16-20-15(14(9-21)22-16)10-4-2-1-3-5-10/h1-8,21H,9H2,(H,19,20). The predicted molar refractivity (Wildman–Crippen MR) is 93.2 cm³/mol. The third kappa shape index (κ3) is 3.25. The Bertz CT molecular complexity index is 790. The summed E-state index contributed by atoms with van der Waals surface area (Å²) in [5, 5.41) is 14.5. The highest BCUT2D eigenvalue weighted by Crippen LogP contribution is 2.35. The normalized spacial score (nSPS) is 10.7. The van der Waals surface area contributed by atoms with Crippen molar-refractivity contribution in [2.24, 2.45) is 0 Å². The molecule has 6 heteroatoms. The second-order valence-electron chi connectivity index (χ2n) is 4.56. The summed E-state index contributed by atoms with van der Waals surface area (Å²) in [5.74, 6) is 0. The van der Waals surface area contributed by atoms with Gasteiger partial charge in [-0.15, -0.1) is 0 Å². The minimum Gasteiger partial charge on any atom is -0.391 e. The van der Waals surface area contributed by atoms with Crippen LogP contribution in [0.4, 0.5) is 10.8 Å². The molecular formula is C16H12Cl2N2OS. The molecule has 0 saturated carbocycles. The van der Waals surface area contributed by atoms with E-state index in [1.807, 2.05) is 30.3 Å². The smallest absolute Gasteiger partial charge is 0.188 e. The van der Waals surface area contributed by atoms with Crippen LogP contribution in [0, 0.1) is 0 Å². The lowest BCUT2D eigenvalue weighted by molar-refractivity contribution is 0.286. The maximum atomic E-state index is 9.55. The fraction of sp³-hybridized carbons (Fsp3) is 0.0625. The molecule has 1 aromatic heterocycles. The molecule has 0 spiro atoms. The molecule has 3 nitrogen and oxygen atoms in total. The number of nitrogens with zero attached hydrogens (tertiary/aromatic N) is 1. The summed E-state index contributed by atoms with van der Waals surface area (Å²) < 4.78 is 0. The molecule has 0 amide bonds. The summed E-state index contributed by atoms with van der Waals surface area (Å²) >= 11 is 13.5. The van der Waals surface area contributed by atoms with Crippen LogP contribution in [0.25, 0.3) is 11.3 Å². The van der Waals surface area contributed by atoms with Crippen molar-refractivity contribution in [3.05, 3.63) is 63.5 Å². The zero-order chi connectivity index (χ0) is 15.5. The highest BCUT2D eigenvalue weighted by atomic mass is 35.5. The van der Waals surface area contributed by atoms with Crippen LogP contribution in [0.3, 0.4) is 0 Å². The van der Waals surface area contributed by atoms with E-state index in [2.05, 4.69) is 10.3 Å². The number of aliphatic hydroxyl groups excluding tert-OH is 1. The molecule has 0 aliphatic heterocycles. The zero-order valence-electron chi connectivity index (χ0n) is 11.4. The van der Waals surface area contributed by atoms with Crippen LogP contribution in [0.5, 0.6) is 0 Å². The van der Waals surface area contributed by atoms with Crippen molar-refractivity contribution >= 4 is 45.4 Å². The SMILES string of the molecule is OCc1sc(Nc2cc(Cl)ccc2Cl)nc1-c1ccccc1. The lowest BCUT2D eigenvalue weighted by atomic mass is 10.1. The molecule has 0 fully saturated rings. The van der Waals surface area contributed by atoms with Crippen molar-refractivity contribution in [2.45, 2.75) is 6.61 Å². The van der Waals surface area contributed by atoms with E-state index < -0.39 is 0 Å². The number of hydrogen-bond donors (Lipinski definition) is 2. The Labute approximate surface area is 142 Å². The molecular weight excluding hydrogens is 339 g/mol. The van der Waals surface area contributed by atoms with Gasteiger partial charge in [-0.3, -0.25) is 0 Å². The first-order valence-corrected chi connectivity index (χ1v) is 8.12. The van der Waals surface area contributed by atoms with E-state index in [0.717, 1.165) is 16.1 Å². The molecule has 0 bridgehead atoms. The Morgan fingerprint density at radius 1 is 1.09 bits per heavy atom. The van der Waals surface area contributed by atoms with Crippen LogP contribution >= 0.6 is 34.5 Å². The fourth-order valence-electron chi connectivity index (χ4n) is 2.04. The van der Waals surface area contributed by atoms with E-state index in [1.165, 1.54) is 11.3 Å². The summed E-state index contributed by atoms with van der Waals surface area (Å²) in [6.45, 7) is -0.0626. The molecule has 22 heavy (non-hydrogen) atoms. The number of anilines is 2. The molecule has 1 heterocycles. The van der Waals surface area contributed by atoms with Crippen molar-refractivity contribution in [1.29, 1.82) is 0 Å². The number of halogens is 2. The minimum atomic E-state index is -0.0626. The molecule has 0 unspecified atom stereocenters. The predicted octanol–water partition coefficient (Wildman–Crippen LogP) is 5.35. The number of hydrogen-bond acceptors (Lipinski definition) is 4. The number of thiazole rings is 1. The molecule has 0 aliphatic rings. The van der Waals surface area contributed by atoms with Gasteiger partial charge in [-0.25, -0.2) is 4.98 Å². The molecule has 3 aromatic rings. The van der Waals surface area contributed by atoms with Crippen molar-refractivity contribution in [2.75, 3.05) is 5.32 Å². The van der Waals surface area contributed by atoms with Crippen LogP contribution in [-0.4, -0.2) is 10.1 Å². The van der Waals surface area contributed by atoms with Crippen molar-refractivity contribution in [1.82, 2.24) is 4.98 Å². The molecule has 0 saturated heterocycles. The van der Waals surface area contributed by atoms with E-state index >= 15 is 0 Å². The number of benzene rings is 2. The Hall–Kier alpha value is -1.59. The van der Waals surface area contributed by atoms with E-state index in [1.54, 1.807) is 18.2 Å². The van der Waals surface area contributed by atoms with Gasteiger partial charge in [-0.1, -0.05) is 64.9 Å². The van der Waals surface area contributed by atoms with Gasteiger partial charge in [0.15, 0.2) is 5.13 Å². The maximum absolute atomic E-state index is 9.55. The number of aliphatic hydroxyl groups is 1. The molecule has 0 atom stereocenters. The van der Waals surface area contributed by atoms with E-state index in [0.29, 0.717) is 20.9 Å². The number of nitrogens with one attached hydrogen (secondary N) is 1. The first kappa shape index (κ1) is 15.3. The quantitative estimate of drug-likeness (QED) is 0.666. The maximum Gasteiger partial charge on any atom is 0.188 e. The van der Waals surface area contributed by atoms with Crippen LogP contribution in [0.2, 0.25) is 10.0 Å². The van der Waals surface area contributed by atoms with Gasteiger partial charge in [-0.05, 0) is 18.2 Å². The van der Waals surface area contributed by atoms with Gasteiger partial charge in [0.25, 0.3) is 0 Å². The lowest BCUT2D eigenvalue weighted by Crippen LogP contribution is -1.90. The molecule has 2 aromatic carbocycles. The number of aromatic nitrogens is 1. The molecule has 3 rings (SSSR count). The van der Waals surface area contributed by atoms with Gasteiger partial charge in [0, 0.05) is 10.6 Å². The first-order valence-electron chi connectivity index (χ1n) is 6.55. The number of rotatable bonds is 4. The van der Waals surface area contributed by atoms with E-state index in [9.17, 15) is 5.11 Å². The van der Waals surface area contributed by atoms with E-state index in [4.69, 9.17) is 23.2 Å². The van der Waals surface area contributed by atoms with Gasteiger partial charge >= 0.3 is 0 Å². The Morgan fingerprint density at radius 3 is 2.59 bits per heavy atom. The lowest BCUT2D eigenvalue weighted by Gasteiger charge is -2.05. The van der Waals surface area contributed by atoms with Gasteiger partial charge < -0.3 is 10.4 Å². The summed E-state index contributed by atoms with van der Waals surface area (Å²) in [5.41, 5.74) is 2.42. The third-order valence-electron chi connectivity index (χ3n) is 3.06. The van der Waals surface area contributed by atoms with Gasteiger partial charge in [0.1, 0.15) is 0 Å². The molecule has 0 radical (unpaired) electrons. The Morgan fingerprint density at radius 2 is 1.86 bits per heavy atom. The second-order valence-corrected chi connectivity index (χ2v) is 6.49. The minimum absolute atomic E-state index is 0.0626. The summed E-state index contributed by atoms with van der Waals surface area (Å²) in [4.78, 5) is 5.36. The third-order valence-corrected chi connectivity index (χ3v) is 4.58. The monoisotopic (exact) mass is 350 g/mol. The highest BCUT2D eigenvalue weighted by molar-refractivity contribution is 7.16. The largest absolute Gasteiger partial charge is 0.391 e. The van der Waals surface area contributed by atoms with Gasteiger partial charge in [0.2, 0.25) is 0 Å². The van der Waals surface area contributed by atoms with Gasteiger partial charge in [0.05, 0.1) is 27.9 Å². The summed E-state index contributed by atoms with van der Waals surface area (Å²) in [6, 6.07) is 14.9.